The van der Waals surface area contributed by atoms with Gasteiger partial charge < -0.3 is 0 Å². The molecule has 1 saturated carbocycles. The van der Waals surface area contributed by atoms with Crippen LogP contribution in [0.3, 0.4) is 0 Å². The minimum atomic E-state index is 0.586. The van der Waals surface area contributed by atoms with Crippen molar-refractivity contribution in [3.05, 3.63) is 28.6 Å². The van der Waals surface area contributed by atoms with Crippen LogP contribution in [0.1, 0.15) is 18.9 Å². The number of thiophene rings is 1. The molecule has 0 radical (unpaired) electrons. The van der Waals surface area contributed by atoms with Crippen molar-refractivity contribution in [2.24, 2.45) is 0 Å². The molecule has 3 nitrogen and oxygen atoms in total. The van der Waals surface area contributed by atoms with Gasteiger partial charge in [0.1, 0.15) is 0 Å². The minimum absolute atomic E-state index is 0.586. The summed E-state index contributed by atoms with van der Waals surface area (Å²) in [7, 11) is 0. The Morgan fingerprint density at radius 3 is 3.00 bits per heavy atom. The predicted octanol–water partition coefficient (Wildman–Crippen LogP) is 4.34. The van der Waals surface area contributed by atoms with E-state index < -0.39 is 0 Å². The Bertz CT molecular complexity index is 558. The van der Waals surface area contributed by atoms with Gasteiger partial charge in [-0.3, -0.25) is 4.57 Å². The summed E-state index contributed by atoms with van der Waals surface area (Å²) in [6, 6.07) is 4.74. The van der Waals surface area contributed by atoms with E-state index in [1.807, 2.05) is 0 Å². The minimum Gasteiger partial charge on any atom is -0.298 e. The molecular weight excluding hydrogens is 330 g/mol. The first kappa shape index (κ1) is 12.4. The predicted molar refractivity (Wildman–Crippen MR) is 80.4 cm³/mol. The van der Waals surface area contributed by atoms with E-state index in [4.69, 9.17) is 0 Å². The molecule has 0 aliphatic heterocycles. The Hall–Kier alpha value is -0.590. The van der Waals surface area contributed by atoms with Crippen LogP contribution >= 0.6 is 39.0 Å². The van der Waals surface area contributed by atoms with Gasteiger partial charge in [0.2, 0.25) is 0 Å². The lowest BCUT2D eigenvalue weighted by Gasteiger charge is -2.07. The maximum absolute atomic E-state index is 4.36. The molecular formula is C12H12BrN3S2. The zero-order chi connectivity index (χ0) is 12.5. The quantitative estimate of drug-likeness (QED) is 0.757. The van der Waals surface area contributed by atoms with E-state index in [1.165, 1.54) is 17.7 Å². The maximum atomic E-state index is 4.36. The number of thioether (sulfide) groups is 1. The van der Waals surface area contributed by atoms with Crippen LogP contribution in [0.15, 0.2) is 33.7 Å². The van der Waals surface area contributed by atoms with Crippen LogP contribution in [0.2, 0.25) is 0 Å². The molecule has 3 rings (SSSR count). The fraction of sp³-hybridized carbons (Fsp3) is 0.333. The number of nitrogens with zero attached hydrogens (tertiary/aromatic N) is 3. The summed E-state index contributed by atoms with van der Waals surface area (Å²) in [6.45, 7) is 3.86. The lowest BCUT2D eigenvalue weighted by atomic mass is 10.4. The van der Waals surface area contributed by atoms with Crippen LogP contribution in [-0.2, 0) is 0 Å². The fourth-order valence-corrected chi connectivity index (χ4v) is 3.56. The summed E-state index contributed by atoms with van der Waals surface area (Å²) in [5.74, 6) is 1.84. The number of halogens is 1. The second-order valence-electron chi connectivity index (χ2n) is 4.19. The average molecular weight is 342 g/mol. The SMILES string of the molecule is C=C(Br)CSc1nnc(-c2cccs2)n1C1CC1. The summed E-state index contributed by atoms with van der Waals surface area (Å²) >= 11 is 6.79. The Kier molecular flexibility index (Phi) is 3.59. The van der Waals surface area contributed by atoms with Crippen molar-refractivity contribution >= 4 is 39.0 Å². The van der Waals surface area contributed by atoms with Crippen molar-refractivity contribution in [2.45, 2.75) is 24.0 Å². The summed E-state index contributed by atoms with van der Waals surface area (Å²) in [5.41, 5.74) is 0. The molecule has 18 heavy (non-hydrogen) atoms. The number of aromatic nitrogens is 3. The highest BCUT2D eigenvalue weighted by atomic mass is 79.9. The molecule has 94 valence electrons. The van der Waals surface area contributed by atoms with Crippen LogP contribution in [0.5, 0.6) is 0 Å². The summed E-state index contributed by atoms with van der Waals surface area (Å²) < 4.78 is 3.27. The van der Waals surface area contributed by atoms with Gasteiger partial charge in [-0.2, -0.15) is 0 Å². The van der Waals surface area contributed by atoms with Crippen LogP contribution in [0.25, 0.3) is 10.7 Å². The molecule has 0 amide bonds. The van der Waals surface area contributed by atoms with Crippen molar-refractivity contribution in [1.29, 1.82) is 0 Å². The zero-order valence-electron chi connectivity index (χ0n) is 9.67. The maximum Gasteiger partial charge on any atom is 0.192 e. The lowest BCUT2D eigenvalue weighted by Crippen LogP contribution is -1.99. The Morgan fingerprint density at radius 2 is 2.39 bits per heavy atom. The molecule has 1 fully saturated rings. The highest BCUT2D eigenvalue weighted by Gasteiger charge is 2.30. The Morgan fingerprint density at radius 1 is 1.56 bits per heavy atom. The number of hydrogen-bond acceptors (Lipinski definition) is 4. The molecule has 1 aliphatic carbocycles. The number of rotatable bonds is 5. The van der Waals surface area contributed by atoms with Gasteiger partial charge in [0.25, 0.3) is 0 Å². The van der Waals surface area contributed by atoms with E-state index in [9.17, 15) is 0 Å². The third-order valence-corrected chi connectivity index (χ3v) is 5.22. The van der Waals surface area contributed by atoms with Gasteiger partial charge in [-0.25, -0.2) is 0 Å². The van der Waals surface area contributed by atoms with Crippen LogP contribution in [0, 0.1) is 0 Å². The first-order chi connectivity index (χ1) is 8.75. The molecule has 0 spiro atoms. The first-order valence-corrected chi connectivity index (χ1v) is 8.36. The molecule has 0 bridgehead atoms. The van der Waals surface area contributed by atoms with E-state index in [1.54, 1.807) is 23.1 Å². The topological polar surface area (TPSA) is 30.7 Å². The van der Waals surface area contributed by atoms with E-state index in [0.29, 0.717) is 6.04 Å². The van der Waals surface area contributed by atoms with Gasteiger partial charge >= 0.3 is 0 Å². The Labute approximate surface area is 122 Å². The zero-order valence-corrected chi connectivity index (χ0v) is 12.9. The van der Waals surface area contributed by atoms with E-state index in [0.717, 1.165) is 21.2 Å². The largest absolute Gasteiger partial charge is 0.298 e. The fourth-order valence-electron chi connectivity index (χ4n) is 1.75. The smallest absolute Gasteiger partial charge is 0.192 e. The van der Waals surface area contributed by atoms with Crippen LogP contribution < -0.4 is 0 Å². The average Bonchev–Trinajstić information content (AvgIpc) is 2.90. The van der Waals surface area contributed by atoms with Gasteiger partial charge in [0, 0.05) is 11.8 Å². The Balaban J connectivity index is 1.93. The van der Waals surface area contributed by atoms with Crippen molar-refractivity contribution in [3.8, 4) is 10.7 Å². The van der Waals surface area contributed by atoms with Gasteiger partial charge in [-0.15, -0.1) is 21.5 Å². The monoisotopic (exact) mass is 341 g/mol. The second kappa shape index (κ2) is 5.19. The standard InChI is InChI=1S/C12H12BrN3S2/c1-8(13)7-18-12-15-14-11(10-3-2-6-17-10)16(12)9-4-5-9/h2-3,6,9H,1,4-5,7H2. The van der Waals surface area contributed by atoms with Gasteiger partial charge in [0.05, 0.1) is 4.88 Å². The molecule has 1 aliphatic rings. The summed E-state index contributed by atoms with van der Waals surface area (Å²) in [6.07, 6.45) is 2.47. The van der Waals surface area contributed by atoms with Gasteiger partial charge in [-0.1, -0.05) is 40.3 Å². The van der Waals surface area contributed by atoms with Crippen LogP contribution in [0.4, 0.5) is 0 Å². The van der Waals surface area contributed by atoms with Crippen molar-refractivity contribution in [1.82, 2.24) is 14.8 Å². The van der Waals surface area contributed by atoms with Crippen molar-refractivity contribution in [2.75, 3.05) is 5.75 Å². The molecule has 0 aromatic carbocycles. The summed E-state index contributed by atoms with van der Waals surface area (Å²) in [5, 5.41) is 11.8. The first-order valence-electron chi connectivity index (χ1n) is 5.70. The van der Waals surface area contributed by atoms with E-state index in [-0.39, 0.29) is 0 Å². The molecule has 6 heteroatoms. The molecule has 2 heterocycles. The second-order valence-corrected chi connectivity index (χ2v) is 7.20. The van der Waals surface area contributed by atoms with Gasteiger partial charge in [0.15, 0.2) is 11.0 Å². The van der Waals surface area contributed by atoms with E-state index >= 15 is 0 Å². The van der Waals surface area contributed by atoms with Crippen molar-refractivity contribution < 1.29 is 0 Å². The highest BCUT2D eigenvalue weighted by molar-refractivity contribution is 9.11. The third-order valence-electron chi connectivity index (χ3n) is 2.68. The summed E-state index contributed by atoms with van der Waals surface area (Å²) in [4.78, 5) is 1.19. The van der Waals surface area contributed by atoms with E-state index in [2.05, 4.69) is 54.8 Å². The molecule has 0 N–H and O–H groups in total. The number of hydrogen-bond donors (Lipinski definition) is 0. The van der Waals surface area contributed by atoms with Gasteiger partial charge in [-0.05, 0) is 28.8 Å². The third kappa shape index (κ3) is 2.55. The molecule has 0 atom stereocenters. The van der Waals surface area contributed by atoms with Crippen LogP contribution in [-0.4, -0.2) is 20.5 Å². The van der Waals surface area contributed by atoms with Crippen molar-refractivity contribution in [3.63, 3.8) is 0 Å². The molecule has 0 saturated heterocycles. The highest BCUT2D eigenvalue weighted by Crippen LogP contribution is 2.41. The lowest BCUT2D eigenvalue weighted by molar-refractivity contribution is 0.670. The normalized spacial score (nSPS) is 14.9. The molecule has 2 aromatic heterocycles. The molecule has 2 aromatic rings. The molecule has 0 unspecified atom stereocenters.